The summed E-state index contributed by atoms with van der Waals surface area (Å²) >= 11 is 16.6. The predicted molar refractivity (Wildman–Crippen MR) is 137 cm³/mol. The molecule has 0 saturated heterocycles. The van der Waals surface area contributed by atoms with Crippen molar-refractivity contribution in [1.82, 2.24) is 0 Å². The molecule has 0 saturated carbocycles. The molecule has 0 spiro atoms. The topological polar surface area (TPSA) is 56.8 Å². The molecule has 0 fully saturated rings. The maximum absolute atomic E-state index is 9.60. The summed E-state index contributed by atoms with van der Waals surface area (Å²) in [6.07, 6.45) is 1.81. The zero-order chi connectivity index (χ0) is 21.7. The molecule has 0 unspecified atom stereocenters. The summed E-state index contributed by atoms with van der Waals surface area (Å²) in [6.45, 7) is 0.321. The third-order valence-electron chi connectivity index (χ3n) is 4.14. The van der Waals surface area contributed by atoms with Crippen molar-refractivity contribution in [3.8, 4) is 17.9 Å². The summed E-state index contributed by atoms with van der Waals surface area (Å²) in [5.74, 6) is 0.754. The number of ether oxygens (including phenoxy) is 1. The van der Waals surface area contributed by atoms with Gasteiger partial charge in [-0.25, -0.2) is 0 Å². The molecule has 0 bridgehead atoms. The first-order valence-electron chi connectivity index (χ1n) is 8.59. The fraction of sp³-hybridized carbons (Fsp3) is 0.0435. The summed E-state index contributed by atoms with van der Waals surface area (Å²) in [5.41, 5.74) is 3.43. The van der Waals surface area contributed by atoms with Crippen molar-refractivity contribution in [2.24, 2.45) is 0 Å². The Morgan fingerprint density at radius 1 is 1.00 bits per heavy atom. The highest BCUT2D eigenvalue weighted by Crippen LogP contribution is 2.32. The molecule has 0 aromatic heterocycles. The Labute approximate surface area is 212 Å². The minimum atomic E-state index is 0.321. The first-order valence-corrected chi connectivity index (χ1v) is 11.5. The van der Waals surface area contributed by atoms with E-state index in [2.05, 4.69) is 57.3 Å². The van der Waals surface area contributed by atoms with Gasteiger partial charge in [0, 0.05) is 15.6 Å². The molecule has 3 aromatic carbocycles. The quantitative estimate of drug-likeness (QED) is 0.161. The molecular weight excluding hydrogens is 645 g/mol. The highest BCUT2D eigenvalue weighted by Gasteiger charge is 2.11. The third kappa shape index (κ3) is 5.67. The van der Waals surface area contributed by atoms with Gasteiger partial charge in [0.25, 0.3) is 0 Å². The summed E-state index contributed by atoms with van der Waals surface area (Å²) in [7, 11) is 0. The second-order valence-electron chi connectivity index (χ2n) is 6.20. The van der Waals surface area contributed by atoms with E-state index in [0.29, 0.717) is 33.4 Å². The Morgan fingerprint density at radius 2 is 1.73 bits per heavy atom. The van der Waals surface area contributed by atoms with E-state index in [1.165, 1.54) is 0 Å². The van der Waals surface area contributed by atoms with Crippen molar-refractivity contribution >= 4 is 80.0 Å². The molecule has 0 heterocycles. The number of allylic oxidation sites excluding steroid dienone is 1. The van der Waals surface area contributed by atoms with Crippen LogP contribution in [-0.2, 0) is 6.61 Å². The van der Waals surface area contributed by atoms with Gasteiger partial charge < -0.3 is 4.74 Å². The molecule has 3 rings (SSSR count). The molecule has 148 valence electrons. The van der Waals surface area contributed by atoms with E-state index in [1.54, 1.807) is 36.4 Å². The van der Waals surface area contributed by atoms with Gasteiger partial charge in [-0.15, -0.1) is 0 Å². The Hall–Kier alpha value is -1.78. The minimum Gasteiger partial charge on any atom is -0.487 e. The number of benzene rings is 3. The minimum absolute atomic E-state index is 0.321. The molecule has 0 N–H and O–H groups in total. The molecule has 7 heteroatoms. The lowest BCUT2D eigenvalue weighted by molar-refractivity contribution is 0.302. The molecule has 0 aliphatic rings. The Kier molecular flexibility index (Phi) is 8.01. The molecule has 0 aliphatic heterocycles. The average Bonchev–Trinajstić information content (AvgIpc) is 2.72. The highest BCUT2D eigenvalue weighted by atomic mass is 127. The largest absolute Gasteiger partial charge is 0.487 e. The van der Waals surface area contributed by atoms with Crippen LogP contribution in [0.25, 0.3) is 11.6 Å². The van der Waals surface area contributed by atoms with E-state index in [9.17, 15) is 5.26 Å². The van der Waals surface area contributed by atoms with Gasteiger partial charge in [-0.2, -0.15) is 10.5 Å². The molecule has 3 aromatic rings. The predicted octanol–water partition coefficient (Wildman–Crippen LogP) is 7.72. The molecule has 3 nitrogen and oxygen atoms in total. The van der Waals surface area contributed by atoms with Gasteiger partial charge in [-0.1, -0.05) is 41.4 Å². The lowest BCUT2D eigenvalue weighted by atomic mass is 10.0. The summed E-state index contributed by atoms with van der Waals surface area (Å²) < 4.78 is 7.84. The van der Waals surface area contributed by atoms with Crippen LogP contribution in [-0.4, -0.2) is 0 Å². The van der Waals surface area contributed by atoms with Crippen LogP contribution >= 0.6 is 68.4 Å². The smallest absolute Gasteiger partial charge is 0.146 e. The van der Waals surface area contributed by atoms with Crippen molar-refractivity contribution in [3.63, 3.8) is 0 Å². The standard InChI is InChI=1S/C23H12Cl2I2N2O/c24-19-5-4-17(20(25)10-19)13-30-23-21(26)8-15(9-22(23)27)7-18(12-29)16-3-1-2-14(6-16)11-28/h1-10H,13H2/b18-7-. The van der Waals surface area contributed by atoms with E-state index < -0.39 is 0 Å². The molecule has 0 amide bonds. The monoisotopic (exact) mass is 656 g/mol. The lowest BCUT2D eigenvalue weighted by Crippen LogP contribution is -2.00. The first kappa shape index (κ1) is 22.9. The third-order valence-corrected chi connectivity index (χ3v) is 6.33. The van der Waals surface area contributed by atoms with Crippen molar-refractivity contribution in [1.29, 1.82) is 10.5 Å². The molecular formula is C23H12Cl2I2N2O. The van der Waals surface area contributed by atoms with Crippen molar-refractivity contribution in [2.45, 2.75) is 6.61 Å². The normalized spacial score (nSPS) is 10.9. The second-order valence-corrected chi connectivity index (χ2v) is 9.37. The van der Waals surface area contributed by atoms with Crippen LogP contribution in [0.5, 0.6) is 5.75 Å². The van der Waals surface area contributed by atoms with Crippen LogP contribution in [0, 0.1) is 29.8 Å². The zero-order valence-electron chi connectivity index (χ0n) is 15.3. The fourth-order valence-electron chi connectivity index (χ4n) is 2.69. The summed E-state index contributed by atoms with van der Waals surface area (Å²) in [5, 5.41) is 19.8. The van der Waals surface area contributed by atoms with Crippen molar-refractivity contribution < 1.29 is 4.74 Å². The number of rotatable bonds is 5. The van der Waals surface area contributed by atoms with Crippen LogP contribution in [0.2, 0.25) is 10.0 Å². The summed E-state index contributed by atoms with van der Waals surface area (Å²) in [6, 6.07) is 20.5. The Balaban J connectivity index is 1.87. The number of hydrogen-bond donors (Lipinski definition) is 0. The van der Waals surface area contributed by atoms with Crippen molar-refractivity contribution in [2.75, 3.05) is 0 Å². The van der Waals surface area contributed by atoms with Gasteiger partial charge in [-0.3, -0.25) is 0 Å². The zero-order valence-corrected chi connectivity index (χ0v) is 21.1. The lowest BCUT2D eigenvalue weighted by Gasteiger charge is -2.13. The van der Waals surface area contributed by atoms with Crippen LogP contribution in [0.15, 0.2) is 54.6 Å². The fourth-order valence-corrected chi connectivity index (χ4v) is 5.28. The molecule has 0 atom stereocenters. The summed E-state index contributed by atoms with van der Waals surface area (Å²) in [4.78, 5) is 0. The second kappa shape index (κ2) is 10.5. The van der Waals surface area contributed by atoms with E-state index in [4.69, 9.17) is 33.2 Å². The highest BCUT2D eigenvalue weighted by molar-refractivity contribution is 14.1. The van der Waals surface area contributed by atoms with Gasteiger partial charge in [-0.05, 0) is 98.8 Å². The van der Waals surface area contributed by atoms with Gasteiger partial charge in [0.1, 0.15) is 12.4 Å². The van der Waals surface area contributed by atoms with Crippen LogP contribution in [0.3, 0.4) is 0 Å². The maximum Gasteiger partial charge on any atom is 0.146 e. The van der Waals surface area contributed by atoms with Gasteiger partial charge in [0.05, 0.1) is 30.4 Å². The van der Waals surface area contributed by atoms with E-state index in [0.717, 1.165) is 24.0 Å². The van der Waals surface area contributed by atoms with E-state index in [1.807, 2.05) is 24.3 Å². The number of halogens is 4. The van der Waals surface area contributed by atoms with E-state index in [-0.39, 0.29) is 0 Å². The van der Waals surface area contributed by atoms with Crippen LogP contribution in [0.4, 0.5) is 0 Å². The number of nitriles is 2. The number of hydrogen-bond acceptors (Lipinski definition) is 3. The average molecular weight is 657 g/mol. The molecule has 0 radical (unpaired) electrons. The van der Waals surface area contributed by atoms with E-state index >= 15 is 0 Å². The maximum atomic E-state index is 9.60. The van der Waals surface area contributed by atoms with Gasteiger partial charge in [0.2, 0.25) is 0 Å². The molecule has 0 aliphatic carbocycles. The molecule has 30 heavy (non-hydrogen) atoms. The number of nitrogens with zero attached hydrogens (tertiary/aromatic N) is 2. The SMILES string of the molecule is N#C/C(=C/c1cc(I)c(OCc2ccc(Cl)cc2Cl)c(I)c1)c1cccc(C#N)c1. The Bertz CT molecular complexity index is 1200. The van der Waals surface area contributed by atoms with Gasteiger partial charge >= 0.3 is 0 Å². The Morgan fingerprint density at radius 3 is 2.37 bits per heavy atom. The van der Waals surface area contributed by atoms with Crippen LogP contribution < -0.4 is 4.74 Å². The van der Waals surface area contributed by atoms with Gasteiger partial charge in [0.15, 0.2) is 0 Å². The van der Waals surface area contributed by atoms with Crippen molar-refractivity contribution in [3.05, 3.63) is 94.0 Å². The van der Waals surface area contributed by atoms with Crippen LogP contribution in [0.1, 0.15) is 22.3 Å². The first-order chi connectivity index (χ1) is 14.4.